The average molecular weight is 498 g/mol. The van der Waals surface area contributed by atoms with Gasteiger partial charge in [0.05, 0.1) is 16.7 Å². The van der Waals surface area contributed by atoms with Crippen molar-refractivity contribution in [2.45, 2.75) is 18.7 Å². The van der Waals surface area contributed by atoms with Crippen LogP contribution in [-0.4, -0.2) is 47.9 Å². The van der Waals surface area contributed by atoms with Gasteiger partial charge in [-0.25, -0.2) is 18.2 Å². The first kappa shape index (κ1) is 25.5. The van der Waals surface area contributed by atoms with Crippen molar-refractivity contribution in [3.05, 3.63) is 88.1 Å². The zero-order chi connectivity index (χ0) is 25.4. The number of ether oxygens (including phenoxy) is 1. The van der Waals surface area contributed by atoms with Crippen molar-refractivity contribution in [3.63, 3.8) is 0 Å². The van der Waals surface area contributed by atoms with Crippen LogP contribution >= 0.6 is 0 Å². The standard InChI is InChI=1S/C23H23N5O6S/c1-3-27(4-2)35(32,33)21-12-13-22(24-16-21)26-25-15-17-8-10-20(11-9-17)34-23(29)18-6-5-7-19(14-18)28(30)31/h5-16H,3-4H2,1-2H3,(H,24,26). The van der Waals surface area contributed by atoms with Crippen LogP contribution in [0.2, 0.25) is 0 Å². The third kappa shape index (κ3) is 6.46. The lowest BCUT2D eigenvalue weighted by molar-refractivity contribution is -0.384. The van der Waals surface area contributed by atoms with Gasteiger partial charge in [0, 0.05) is 31.4 Å². The first-order valence-corrected chi connectivity index (χ1v) is 12.0. The minimum absolute atomic E-state index is 0.0671. The summed E-state index contributed by atoms with van der Waals surface area (Å²) >= 11 is 0. The monoisotopic (exact) mass is 497 g/mol. The summed E-state index contributed by atoms with van der Waals surface area (Å²) in [7, 11) is -3.58. The molecule has 3 aromatic rings. The molecule has 11 nitrogen and oxygen atoms in total. The van der Waals surface area contributed by atoms with Crippen molar-refractivity contribution in [1.29, 1.82) is 0 Å². The molecule has 0 spiro atoms. The van der Waals surface area contributed by atoms with Gasteiger partial charge in [-0.2, -0.15) is 9.41 Å². The first-order valence-electron chi connectivity index (χ1n) is 10.6. The van der Waals surface area contributed by atoms with Crippen LogP contribution in [0.4, 0.5) is 11.5 Å². The first-order chi connectivity index (χ1) is 16.7. The molecule has 0 saturated carbocycles. The molecule has 0 aliphatic heterocycles. The van der Waals surface area contributed by atoms with Crippen LogP contribution in [0.3, 0.4) is 0 Å². The maximum Gasteiger partial charge on any atom is 0.343 e. The second kappa shape index (κ2) is 11.3. The molecule has 0 aliphatic rings. The minimum atomic E-state index is -3.58. The number of hydrogen-bond donors (Lipinski definition) is 1. The van der Waals surface area contributed by atoms with E-state index in [0.29, 0.717) is 24.5 Å². The molecule has 0 bridgehead atoms. The third-order valence-electron chi connectivity index (χ3n) is 4.86. The Morgan fingerprint density at radius 3 is 2.46 bits per heavy atom. The minimum Gasteiger partial charge on any atom is -0.423 e. The van der Waals surface area contributed by atoms with Crippen molar-refractivity contribution in [3.8, 4) is 5.75 Å². The number of nitro benzene ring substituents is 1. The highest BCUT2D eigenvalue weighted by molar-refractivity contribution is 7.89. The van der Waals surface area contributed by atoms with E-state index >= 15 is 0 Å². The second-order valence-corrected chi connectivity index (χ2v) is 9.04. The Balaban J connectivity index is 1.58. The van der Waals surface area contributed by atoms with E-state index in [9.17, 15) is 23.3 Å². The third-order valence-corrected chi connectivity index (χ3v) is 6.89. The molecule has 0 aliphatic carbocycles. The number of esters is 1. The Morgan fingerprint density at radius 2 is 1.86 bits per heavy atom. The summed E-state index contributed by atoms with van der Waals surface area (Å²) in [5.41, 5.74) is 3.28. The van der Waals surface area contributed by atoms with Crippen LogP contribution in [0.25, 0.3) is 0 Å². The summed E-state index contributed by atoms with van der Waals surface area (Å²) < 4.78 is 31.6. The molecule has 12 heteroatoms. The van der Waals surface area contributed by atoms with Gasteiger partial charge in [0.15, 0.2) is 0 Å². The topological polar surface area (TPSA) is 144 Å². The molecule has 0 amide bonds. The highest BCUT2D eigenvalue weighted by Crippen LogP contribution is 2.18. The van der Waals surface area contributed by atoms with E-state index < -0.39 is 20.9 Å². The highest BCUT2D eigenvalue weighted by Gasteiger charge is 2.21. The summed E-state index contributed by atoms with van der Waals surface area (Å²) in [5.74, 6) is -0.0881. The molecular weight excluding hydrogens is 474 g/mol. The molecule has 35 heavy (non-hydrogen) atoms. The van der Waals surface area contributed by atoms with Crippen LogP contribution in [0.5, 0.6) is 5.75 Å². The largest absolute Gasteiger partial charge is 0.423 e. The van der Waals surface area contributed by atoms with Crippen LogP contribution in [0.1, 0.15) is 29.8 Å². The Kier molecular flexibility index (Phi) is 8.23. The van der Waals surface area contributed by atoms with E-state index in [1.807, 2.05) is 0 Å². The van der Waals surface area contributed by atoms with Crippen molar-refractivity contribution >= 4 is 33.7 Å². The van der Waals surface area contributed by atoms with E-state index in [1.165, 1.54) is 47.0 Å². The maximum absolute atomic E-state index is 12.5. The van der Waals surface area contributed by atoms with Gasteiger partial charge < -0.3 is 4.74 Å². The predicted octanol–water partition coefficient (Wildman–Crippen LogP) is 3.69. The van der Waals surface area contributed by atoms with Gasteiger partial charge >= 0.3 is 5.97 Å². The van der Waals surface area contributed by atoms with Crippen molar-refractivity contribution < 1.29 is 22.9 Å². The van der Waals surface area contributed by atoms with E-state index in [4.69, 9.17) is 4.74 Å². The molecule has 0 unspecified atom stereocenters. The van der Waals surface area contributed by atoms with Gasteiger partial charge in [-0.15, -0.1) is 0 Å². The van der Waals surface area contributed by atoms with Crippen LogP contribution < -0.4 is 10.2 Å². The molecule has 0 radical (unpaired) electrons. The van der Waals surface area contributed by atoms with Crippen LogP contribution in [0.15, 0.2) is 76.9 Å². The molecule has 1 heterocycles. The Hall–Kier alpha value is -4.16. The number of carbonyl (C=O) groups is 1. The summed E-state index contributed by atoms with van der Waals surface area (Å²) in [5, 5.41) is 14.9. The molecule has 182 valence electrons. The number of nitrogens with one attached hydrogen (secondary N) is 1. The number of nitro groups is 1. The summed E-state index contributed by atoms with van der Waals surface area (Å²) in [6.07, 6.45) is 2.78. The molecule has 0 saturated heterocycles. The number of hydrazone groups is 1. The molecule has 1 aromatic heterocycles. The lowest BCUT2D eigenvalue weighted by Gasteiger charge is -2.18. The van der Waals surface area contributed by atoms with Crippen molar-refractivity contribution in [2.75, 3.05) is 18.5 Å². The summed E-state index contributed by atoms with van der Waals surface area (Å²) in [6.45, 7) is 4.28. The average Bonchev–Trinajstić information content (AvgIpc) is 2.86. The highest BCUT2D eigenvalue weighted by atomic mass is 32.2. The summed E-state index contributed by atoms with van der Waals surface area (Å²) in [4.78, 5) is 26.7. The van der Waals surface area contributed by atoms with Crippen molar-refractivity contribution in [1.82, 2.24) is 9.29 Å². The SMILES string of the molecule is CCN(CC)S(=O)(=O)c1ccc(NN=Cc2ccc(OC(=O)c3cccc([N+](=O)[O-])c3)cc2)nc1. The number of non-ortho nitro benzene ring substituents is 1. The quantitative estimate of drug-likeness (QED) is 0.147. The number of anilines is 1. The van der Waals surface area contributed by atoms with Gasteiger partial charge in [-0.1, -0.05) is 19.9 Å². The maximum atomic E-state index is 12.5. The zero-order valence-corrected chi connectivity index (χ0v) is 19.8. The number of rotatable bonds is 10. The van der Waals surface area contributed by atoms with Gasteiger partial charge in [0.1, 0.15) is 16.5 Å². The number of benzene rings is 2. The van der Waals surface area contributed by atoms with Gasteiger partial charge in [0.25, 0.3) is 5.69 Å². The zero-order valence-electron chi connectivity index (χ0n) is 19.0. The van der Waals surface area contributed by atoms with E-state index in [1.54, 1.807) is 38.1 Å². The van der Waals surface area contributed by atoms with Gasteiger partial charge in [-0.05, 0) is 48.0 Å². The van der Waals surface area contributed by atoms with Gasteiger partial charge in [0.2, 0.25) is 10.0 Å². The smallest absolute Gasteiger partial charge is 0.343 e. The van der Waals surface area contributed by atoms with E-state index in [0.717, 1.165) is 6.07 Å². The number of nitrogens with zero attached hydrogens (tertiary/aromatic N) is 4. The van der Waals surface area contributed by atoms with Gasteiger partial charge in [-0.3, -0.25) is 15.5 Å². The Bertz CT molecular complexity index is 1320. The fourth-order valence-corrected chi connectivity index (χ4v) is 4.42. The predicted molar refractivity (Wildman–Crippen MR) is 130 cm³/mol. The Labute approximate surface area is 202 Å². The molecule has 0 atom stereocenters. The number of aromatic nitrogens is 1. The Morgan fingerprint density at radius 1 is 1.14 bits per heavy atom. The number of carbonyl (C=O) groups excluding carboxylic acids is 1. The lowest BCUT2D eigenvalue weighted by atomic mass is 10.2. The van der Waals surface area contributed by atoms with Crippen LogP contribution in [-0.2, 0) is 10.0 Å². The fraction of sp³-hybridized carbons (Fsp3) is 0.174. The van der Waals surface area contributed by atoms with Crippen LogP contribution in [0, 0.1) is 10.1 Å². The molecule has 3 rings (SSSR count). The summed E-state index contributed by atoms with van der Waals surface area (Å²) in [6, 6.07) is 14.7. The number of pyridine rings is 1. The van der Waals surface area contributed by atoms with Crippen molar-refractivity contribution in [2.24, 2.45) is 5.10 Å². The second-order valence-electron chi connectivity index (χ2n) is 7.10. The lowest BCUT2D eigenvalue weighted by Crippen LogP contribution is -2.30. The fourth-order valence-electron chi connectivity index (χ4n) is 3.02. The number of sulfonamides is 1. The molecule has 2 aromatic carbocycles. The normalized spacial score (nSPS) is 11.5. The molecule has 0 fully saturated rings. The van der Waals surface area contributed by atoms with E-state index in [-0.39, 0.29) is 21.9 Å². The molecule has 1 N–H and O–H groups in total. The van der Waals surface area contributed by atoms with E-state index in [2.05, 4.69) is 15.5 Å². The molecular formula is C23H23N5O6S. The number of hydrogen-bond acceptors (Lipinski definition) is 9.